The van der Waals surface area contributed by atoms with E-state index >= 15 is 0 Å². The highest BCUT2D eigenvalue weighted by atomic mass is 19.1. The lowest BCUT2D eigenvalue weighted by Gasteiger charge is -2.18. The molecule has 2 rings (SSSR count). The first kappa shape index (κ1) is 13.6. The van der Waals surface area contributed by atoms with Gasteiger partial charge in [0.2, 0.25) is 0 Å². The topological polar surface area (TPSA) is 12.5 Å². The number of hydrogen-bond donors (Lipinski definition) is 0. The van der Waals surface area contributed by atoms with Crippen LogP contribution < -0.4 is 4.74 Å². The number of hydrogen-bond acceptors (Lipinski definition) is 2. The van der Waals surface area contributed by atoms with Gasteiger partial charge < -0.3 is 4.74 Å². The largest absolute Gasteiger partial charge is 0.496 e. The summed E-state index contributed by atoms with van der Waals surface area (Å²) in [5, 5.41) is 0. The fraction of sp³-hybridized carbons (Fsp3) is 0.250. The molecule has 0 bridgehead atoms. The number of benzene rings is 2. The minimum Gasteiger partial charge on any atom is -0.496 e. The van der Waals surface area contributed by atoms with Gasteiger partial charge >= 0.3 is 0 Å². The Kier molecular flexibility index (Phi) is 4.53. The van der Waals surface area contributed by atoms with Crippen LogP contribution in [0, 0.1) is 5.82 Å². The van der Waals surface area contributed by atoms with E-state index in [9.17, 15) is 4.39 Å². The highest BCUT2D eigenvalue weighted by molar-refractivity contribution is 5.33. The normalized spacial score (nSPS) is 10.7. The van der Waals surface area contributed by atoms with Crippen molar-refractivity contribution in [2.45, 2.75) is 13.1 Å². The van der Waals surface area contributed by atoms with Gasteiger partial charge in [-0.3, -0.25) is 4.90 Å². The number of ether oxygens (including phenoxy) is 1. The maximum atomic E-state index is 12.8. The van der Waals surface area contributed by atoms with E-state index in [1.165, 1.54) is 12.1 Å². The van der Waals surface area contributed by atoms with Gasteiger partial charge in [0, 0.05) is 18.7 Å². The van der Waals surface area contributed by atoms with Gasteiger partial charge in [-0.1, -0.05) is 30.3 Å². The van der Waals surface area contributed by atoms with E-state index in [0.717, 1.165) is 30.0 Å². The predicted molar refractivity (Wildman–Crippen MR) is 74.6 cm³/mol. The van der Waals surface area contributed by atoms with Crippen LogP contribution in [0.25, 0.3) is 0 Å². The van der Waals surface area contributed by atoms with Crippen LogP contribution in [-0.4, -0.2) is 19.1 Å². The van der Waals surface area contributed by atoms with Gasteiger partial charge in [0.15, 0.2) is 0 Å². The third-order valence-corrected chi connectivity index (χ3v) is 3.00. The van der Waals surface area contributed by atoms with Crippen molar-refractivity contribution in [3.05, 3.63) is 65.5 Å². The Morgan fingerprint density at radius 1 is 1.00 bits per heavy atom. The van der Waals surface area contributed by atoms with Crippen molar-refractivity contribution in [2.24, 2.45) is 0 Å². The van der Waals surface area contributed by atoms with Crippen LogP contribution in [0.3, 0.4) is 0 Å². The minimum absolute atomic E-state index is 0.198. The predicted octanol–water partition coefficient (Wildman–Crippen LogP) is 3.47. The fourth-order valence-corrected chi connectivity index (χ4v) is 2.08. The zero-order valence-electron chi connectivity index (χ0n) is 11.3. The van der Waals surface area contributed by atoms with Crippen LogP contribution in [0.2, 0.25) is 0 Å². The van der Waals surface area contributed by atoms with Crippen LogP contribution in [0.15, 0.2) is 48.5 Å². The zero-order chi connectivity index (χ0) is 13.7. The van der Waals surface area contributed by atoms with E-state index in [0.29, 0.717) is 0 Å². The van der Waals surface area contributed by atoms with E-state index < -0.39 is 0 Å². The van der Waals surface area contributed by atoms with Crippen LogP contribution in [0.4, 0.5) is 4.39 Å². The molecule has 0 fully saturated rings. The molecule has 0 heterocycles. The summed E-state index contributed by atoms with van der Waals surface area (Å²) in [4.78, 5) is 2.17. The summed E-state index contributed by atoms with van der Waals surface area (Å²) in [6, 6.07) is 14.6. The van der Waals surface area contributed by atoms with Gasteiger partial charge in [0.05, 0.1) is 7.11 Å². The average Bonchev–Trinajstić information content (AvgIpc) is 2.42. The molecule has 0 radical (unpaired) electrons. The second-order valence-electron chi connectivity index (χ2n) is 4.61. The van der Waals surface area contributed by atoms with Crippen LogP contribution in [0.5, 0.6) is 5.75 Å². The van der Waals surface area contributed by atoms with Gasteiger partial charge in [-0.15, -0.1) is 0 Å². The molecule has 3 heteroatoms. The zero-order valence-corrected chi connectivity index (χ0v) is 11.3. The van der Waals surface area contributed by atoms with E-state index in [1.807, 2.05) is 37.4 Å². The first-order valence-corrected chi connectivity index (χ1v) is 6.24. The molecular formula is C16H18FNO. The van der Waals surface area contributed by atoms with Gasteiger partial charge in [0.25, 0.3) is 0 Å². The molecule has 0 aliphatic rings. The van der Waals surface area contributed by atoms with Crippen molar-refractivity contribution in [3.8, 4) is 5.75 Å². The van der Waals surface area contributed by atoms with Crippen molar-refractivity contribution >= 4 is 0 Å². The summed E-state index contributed by atoms with van der Waals surface area (Å²) >= 11 is 0. The Balaban J connectivity index is 2.01. The quantitative estimate of drug-likeness (QED) is 0.815. The molecule has 2 nitrogen and oxygen atoms in total. The third kappa shape index (κ3) is 3.80. The van der Waals surface area contributed by atoms with E-state index in [-0.39, 0.29) is 5.82 Å². The molecule has 0 N–H and O–H groups in total. The molecule has 19 heavy (non-hydrogen) atoms. The first-order valence-electron chi connectivity index (χ1n) is 6.24. The van der Waals surface area contributed by atoms with E-state index in [2.05, 4.69) is 11.0 Å². The number of nitrogens with zero attached hydrogens (tertiary/aromatic N) is 1. The Labute approximate surface area is 113 Å². The maximum absolute atomic E-state index is 12.8. The van der Waals surface area contributed by atoms with Crippen molar-refractivity contribution < 1.29 is 9.13 Å². The third-order valence-electron chi connectivity index (χ3n) is 3.00. The molecule has 0 spiro atoms. The monoisotopic (exact) mass is 259 g/mol. The molecule has 0 saturated carbocycles. The molecule has 0 unspecified atom stereocenters. The smallest absolute Gasteiger partial charge is 0.123 e. The van der Waals surface area contributed by atoms with E-state index in [1.54, 1.807) is 7.11 Å². The fourth-order valence-electron chi connectivity index (χ4n) is 2.08. The lowest BCUT2D eigenvalue weighted by Crippen LogP contribution is -2.17. The lowest BCUT2D eigenvalue weighted by atomic mass is 10.1. The number of para-hydroxylation sites is 1. The standard InChI is InChI=1S/C16H18FNO/c1-18(11-13-7-9-15(17)10-8-13)12-14-5-3-4-6-16(14)19-2/h3-10H,11-12H2,1-2H3. The second-order valence-corrected chi connectivity index (χ2v) is 4.61. The molecule has 2 aromatic carbocycles. The molecular weight excluding hydrogens is 241 g/mol. The molecule has 2 aromatic rings. The minimum atomic E-state index is -0.198. The van der Waals surface area contributed by atoms with Crippen LogP contribution >= 0.6 is 0 Å². The molecule has 0 amide bonds. The summed E-state index contributed by atoms with van der Waals surface area (Å²) in [7, 11) is 3.72. The summed E-state index contributed by atoms with van der Waals surface area (Å²) in [5.41, 5.74) is 2.24. The van der Waals surface area contributed by atoms with Gasteiger partial charge in [0.1, 0.15) is 11.6 Å². The van der Waals surface area contributed by atoms with E-state index in [4.69, 9.17) is 4.74 Å². The lowest BCUT2D eigenvalue weighted by molar-refractivity contribution is 0.310. The molecule has 0 saturated heterocycles. The molecule has 100 valence electrons. The van der Waals surface area contributed by atoms with Gasteiger partial charge in [-0.25, -0.2) is 4.39 Å². The van der Waals surface area contributed by atoms with Crippen molar-refractivity contribution in [2.75, 3.05) is 14.2 Å². The maximum Gasteiger partial charge on any atom is 0.123 e. The number of halogens is 1. The van der Waals surface area contributed by atoms with Crippen LogP contribution in [0.1, 0.15) is 11.1 Å². The number of methoxy groups -OCH3 is 1. The highest BCUT2D eigenvalue weighted by Gasteiger charge is 2.06. The molecule has 0 aromatic heterocycles. The van der Waals surface area contributed by atoms with Gasteiger partial charge in [-0.2, -0.15) is 0 Å². The summed E-state index contributed by atoms with van der Waals surface area (Å²) in [6.07, 6.45) is 0. The first-order chi connectivity index (χ1) is 9.19. The Morgan fingerprint density at radius 3 is 2.37 bits per heavy atom. The number of rotatable bonds is 5. The molecule has 0 aliphatic carbocycles. The Hall–Kier alpha value is -1.87. The van der Waals surface area contributed by atoms with Crippen molar-refractivity contribution in [3.63, 3.8) is 0 Å². The second kappa shape index (κ2) is 6.34. The SMILES string of the molecule is COc1ccccc1CN(C)Cc1ccc(F)cc1. The summed E-state index contributed by atoms with van der Waals surface area (Å²) in [6.45, 7) is 1.57. The Morgan fingerprint density at radius 2 is 1.68 bits per heavy atom. The summed E-state index contributed by atoms with van der Waals surface area (Å²) in [5.74, 6) is 0.699. The molecule has 0 atom stereocenters. The average molecular weight is 259 g/mol. The van der Waals surface area contributed by atoms with Crippen LogP contribution in [-0.2, 0) is 13.1 Å². The van der Waals surface area contributed by atoms with Crippen molar-refractivity contribution in [1.29, 1.82) is 0 Å². The molecule has 0 aliphatic heterocycles. The summed E-state index contributed by atoms with van der Waals surface area (Å²) < 4.78 is 18.2. The van der Waals surface area contributed by atoms with Gasteiger partial charge in [-0.05, 0) is 30.8 Å². The Bertz CT molecular complexity index is 525. The van der Waals surface area contributed by atoms with Crippen molar-refractivity contribution in [1.82, 2.24) is 4.90 Å². The highest BCUT2D eigenvalue weighted by Crippen LogP contribution is 2.19.